The minimum Gasteiger partial charge on any atom is -0.464 e. The van der Waals surface area contributed by atoms with Crippen molar-refractivity contribution in [2.75, 3.05) is 13.3 Å². The topological polar surface area (TPSA) is 83.9 Å². The highest BCUT2D eigenvalue weighted by Crippen LogP contribution is 2.20. The van der Waals surface area contributed by atoms with Crippen molar-refractivity contribution in [2.45, 2.75) is 12.5 Å². The van der Waals surface area contributed by atoms with Crippen LogP contribution in [0.15, 0.2) is 0 Å². The SMILES string of the molecule is O=C(O)N1[C@H](CCF)COS1(=O)=O. The first kappa shape index (κ1) is 10.2. The second-order valence-electron chi connectivity index (χ2n) is 2.45. The molecule has 1 aliphatic rings. The Labute approximate surface area is 74.2 Å². The van der Waals surface area contributed by atoms with Crippen molar-refractivity contribution in [3.8, 4) is 0 Å². The monoisotopic (exact) mass is 213 g/mol. The van der Waals surface area contributed by atoms with Gasteiger partial charge in [-0.1, -0.05) is 0 Å². The Kier molecular flexibility index (Phi) is 2.71. The summed E-state index contributed by atoms with van der Waals surface area (Å²) in [5.41, 5.74) is 0. The van der Waals surface area contributed by atoms with E-state index in [1.165, 1.54) is 0 Å². The van der Waals surface area contributed by atoms with Crippen LogP contribution in [0.4, 0.5) is 9.18 Å². The standard InChI is InChI=1S/C5H8FNO5S/c6-2-1-4-3-12-13(10,11)7(4)5(8)9/h4H,1-3H2,(H,8,9)/t4-/m1/s1. The van der Waals surface area contributed by atoms with Crippen molar-refractivity contribution in [2.24, 2.45) is 0 Å². The third-order valence-corrected chi connectivity index (χ3v) is 2.98. The maximum atomic E-state index is 11.9. The van der Waals surface area contributed by atoms with Gasteiger partial charge in [-0.25, -0.2) is 4.79 Å². The van der Waals surface area contributed by atoms with E-state index < -0.39 is 29.1 Å². The summed E-state index contributed by atoms with van der Waals surface area (Å²) < 4.78 is 38.0. The van der Waals surface area contributed by atoms with Gasteiger partial charge in [0.2, 0.25) is 0 Å². The molecule has 1 N–H and O–H groups in total. The summed E-state index contributed by atoms with van der Waals surface area (Å²) in [4.78, 5) is 10.4. The first-order valence-electron chi connectivity index (χ1n) is 3.46. The minimum absolute atomic E-state index is 0.145. The molecule has 0 aliphatic carbocycles. The molecule has 13 heavy (non-hydrogen) atoms. The zero-order valence-electron chi connectivity index (χ0n) is 6.51. The Morgan fingerprint density at radius 3 is 2.77 bits per heavy atom. The molecule has 0 aromatic rings. The van der Waals surface area contributed by atoms with Gasteiger partial charge in [0.25, 0.3) is 0 Å². The molecule has 1 atom stereocenters. The van der Waals surface area contributed by atoms with Gasteiger partial charge >= 0.3 is 16.4 Å². The molecular weight excluding hydrogens is 205 g/mol. The number of halogens is 1. The van der Waals surface area contributed by atoms with Gasteiger partial charge in [-0.2, -0.15) is 12.7 Å². The van der Waals surface area contributed by atoms with Gasteiger partial charge in [0.15, 0.2) is 0 Å². The summed E-state index contributed by atoms with van der Waals surface area (Å²) in [7, 11) is -4.19. The van der Waals surface area contributed by atoms with Crippen molar-refractivity contribution in [1.29, 1.82) is 0 Å². The zero-order valence-corrected chi connectivity index (χ0v) is 7.33. The third-order valence-electron chi connectivity index (χ3n) is 1.61. The first-order chi connectivity index (χ1) is 5.99. The molecule has 0 bridgehead atoms. The fourth-order valence-electron chi connectivity index (χ4n) is 1.05. The summed E-state index contributed by atoms with van der Waals surface area (Å²) in [6.45, 7) is -1.09. The predicted octanol–water partition coefficient (Wildman–Crippen LogP) is -0.0304. The lowest BCUT2D eigenvalue weighted by molar-refractivity contribution is 0.161. The number of nitrogens with zero attached hydrogens (tertiary/aromatic N) is 1. The van der Waals surface area contributed by atoms with Gasteiger partial charge in [-0.3, -0.25) is 8.57 Å². The molecule has 0 aromatic heterocycles. The van der Waals surface area contributed by atoms with E-state index in [9.17, 15) is 17.6 Å². The molecule has 0 saturated carbocycles. The smallest absolute Gasteiger partial charge is 0.423 e. The Morgan fingerprint density at radius 2 is 2.31 bits per heavy atom. The minimum atomic E-state index is -4.19. The zero-order chi connectivity index (χ0) is 10.1. The molecule has 0 spiro atoms. The molecule has 0 unspecified atom stereocenters. The van der Waals surface area contributed by atoms with E-state index in [2.05, 4.69) is 4.18 Å². The highest BCUT2D eigenvalue weighted by Gasteiger charge is 2.42. The van der Waals surface area contributed by atoms with Crippen molar-refractivity contribution in [3.05, 3.63) is 0 Å². The van der Waals surface area contributed by atoms with E-state index in [0.29, 0.717) is 0 Å². The molecule has 1 heterocycles. The molecule has 1 fully saturated rings. The van der Waals surface area contributed by atoms with E-state index in [4.69, 9.17) is 5.11 Å². The molecule has 1 rings (SSSR count). The summed E-state index contributed by atoms with van der Waals surface area (Å²) in [6.07, 6.45) is -1.82. The molecule has 1 amide bonds. The van der Waals surface area contributed by atoms with Crippen LogP contribution in [0.1, 0.15) is 6.42 Å². The quantitative estimate of drug-likeness (QED) is 0.696. The van der Waals surface area contributed by atoms with Crippen LogP contribution in [0.25, 0.3) is 0 Å². The average Bonchev–Trinajstić information content (AvgIpc) is 2.26. The average molecular weight is 213 g/mol. The number of carbonyl (C=O) groups is 1. The molecular formula is C5H8FNO5S. The number of hydrogen-bond donors (Lipinski definition) is 1. The van der Waals surface area contributed by atoms with Crippen molar-refractivity contribution in [1.82, 2.24) is 4.31 Å². The van der Waals surface area contributed by atoms with Crippen LogP contribution in [-0.2, 0) is 14.5 Å². The Morgan fingerprint density at radius 1 is 1.69 bits per heavy atom. The summed E-state index contributed by atoms with van der Waals surface area (Å²) >= 11 is 0. The summed E-state index contributed by atoms with van der Waals surface area (Å²) in [5.74, 6) is 0. The highest BCUT2D eigenvalue weighted by atomic mass is 32.2. The molecule has 76 valence electrons. The summed E-state index contributed by atoms with van der Waals surface area (Å²) in [6, 6.07) is -0.938. The number of rotatable bonds is 2. The van der Waals surface area contributed by atoms with E-state index >= 15 is 0 Å². The fourth-order valence-corrected chi connectivity index (χ4v) is 2.22. The van der Waals surface area contributed by atoms with Crippen LogP contribution in [0, 0.1) is 0 Å². The Hall–Kier alpha value is -0.890. The van der Waals surface area contributed by atoms with Gasteiger partial charge < -0.3 is 5.11 Å². The van der Waals surface area contributed by atoms with Gasteiger partial charge in [-0.05, 0) is 6.42 Å². The van der Waals surface area contributed by atoms with Crippen molar-refractivity contribution < 1.29 is 26.9 Å². The highest BCUT2D eigenvalue weighted by molar-refractivity contribution is 7.85. The van der Waals surface area contributed by atoms with Crippen LogP contribution < -0.4 is 0 Å². The predicted molar refractivity (Wildman–Crippen MR) is 39.1 cm³/mol. The second kappa shape index (κ2) is 3.46. The van der Waals surface area contributed by atoms with E-state index in [1.54, 1.807) is 0 Å². The molecule has 1 saturated heterocycles. The van der Waals surface area contributed by atoms with Crippen LogP contribution in [0.2, 0.25) is 0 Å². The fraction of sp³-hybridized carbons (Fsp3) is 0.800. The summed E-state index contributed by atoms with van der Waals surface area (Å²) in [5, 5.41) is 8.49. The van der Waals surface area contributed by atoms with Gasteiger partial charge in [-0.15, -0.1) is 0 Å². The van der Waals surface area contributed by atoms with Crippen molar-refractivity contribution in [3.63, 3.8) is 0 Å². The second-order valence-corrected chi connectivity index (χ2v) is 3.94. The van der Waals surface area contributed by atoms with Crippen LogP contribution in [-0.4, -0.2) is 43.2 Å². The number of alkyl halides is 1. The van der Waals surface area contributed by atoms with Gasteiger partial charge in [0, 0.05) is 0 Å². The van der Waals surface area contributed by atoms with Crippen LogP contribution >= 0.6 is 0 Å². The van der Waals surface area contributed by atoms with Crippen molar-refractivity contribution >= 4 is 16.4 Å². The molecule has 1 aliphatic heterocycles. The number of carboxylic acid groups (broad SMARTS) is 1. The lowest BCUT2D eigenvalue weighted by Crippen LogP contribution is -2.38. The van der Waals surface area contributed by atoms with E-state index in [0.717, 1.165) is 0 Å². The first-order valence-corrected chi connectivity index (χ1v) is 4.83. The Balaban J connectivity index is 2.86. The van der Waals surface area contributed by atoms with Gasteiger partial charge in [0.1, 0.15) is 0 Å². The third kappa shape index (κ3) is 1.89. The molecule has 6 nitrogen and oxygen atoms in total. The van der Waals surface area contributed by atoms with Crippen LogP contribution in [0.3, 0.4) is 0 Å². The van der Waals surface area contributed by atoms with Gasteiger partial charge in [0.05, 0.1) is 19.3 Å². The molecule has 0 radical (unpaired) electrons. The van der Waals surface area contributed by atoms with Crippen LogP contribution in [0.5, 0.6) is 0 Å². The maximum absolute atomic E-state index is 11.9. The lowest BCUT2D eigenvalue weighted by atomic mass is 10.2. The maximum Gasteiger partial charge on any atom is 0.423 e. The Bertz CT molecular complexity index is 302. The largest absolute Gasteiger partial charge is 0.464 e. The lowest BCUT2D eigenvalue weighted by Gasteiger charge is -2.15. The normalized spacial score (nSPS) is 26.2. The van der Waals surface area contributed by atoms with E-state index in [-0.39, 0.29) is 17.3 Å². The van der Waals surface area contributed by atoms with E-state index in [1.807, 2.05) is 0 Å². The number of amides is 1. The number of hydrogen-bond acceptors (Lipinski definition) is 4. The molecule has 8 heteroatoms. The molecule has 0 aromatic carbocycles.